The molecule has 4 fully saturated rings. The van der Waals surface area contributed by atoms with Gasteiger partial charge >= 0.3 is 0 Å². The fourth-order valence-corrected chi connectivity index (χ4v) is 8.64. The van der Waals surface area contributed by atoms with Crippen LogP contribution < -0.4 is 4.90 Å². The lowest BCUT2D eigenvalue weighted by atomic mass is 9.49. The van der Waals surface area contributed by atoms with Gasteiger partial charge in [0.25, 0.3) is 0 Å². The van der Waals surface area contributed by atoms with E-state index < -0.39 is 5.60 Å². The zero-order valence-electron chi connectivity index (χ0n) is 19.9. The summed E-state index contributed by atoms with van der Waals surface area (Å²) in [5.74, 6) is 4.47. The van der Waals surface area contributed by atoms with E-state index in [0.29, 0.717) is 11.7 Å². The maximum Gasteiger partial charge on any atom is 0.166 e. The van der Waals surface area contributed by atoms with Gasteiger partial charge in [-0.1, -0.05) is 6.92 Å². The first-order chi connectivity index (χ1) is 14.7. The van der Waals surface area contributed by atoms with Crippen molar-refractivity contribution < 1.29 is 9.90 Å². The third-order valence-electron chi connectivity index (χ3n) is 10.2. The fourth-order valence-electron chi connectivity index (χ4n) is 8.64. The summed E-state index contributed by atoms with van der Waals surface area (Å²) < 4.78 is 0. The number of nitrogens with zero attached hydrogens (tertiary/aromatic N) is 1. The van der Waals surface area contributed by atoms with Crippen LogP contribution in [0.3, 0.4) is 0 Å². The molecular formula is C28H41NO2. The second kappa shape index (κ2) is 7.61. The van der Waals surface area contributed by atoms with Crippen molar-refractivity contribution in [2.45, 2.75) is 77.2 Å². The number of Topliss-reactive ketones (excluding diaryl/α,β-unsaturated/α-hetero) is 1. The largest absolute Gasteiger partial charge is 0.390 e. The molecule has 0 bridgehead atoms. The number of hydrogen-bond acceptors (Lipinski definition) is 3. The summed E-state index contributed by atoms with van der Waals surface area (Å²) in [6.07, 6.45) is 10.6. The van der Waals surface area contributed by atoms with E-state index in [1.165, 1.54) is 38.5 Å². The highest BCUT2D eigenvalue weighted by Gasteiger charge is 2.58. The summed E-state index contributed by atoms with van der Waals surface area (Å²) in [7, 11) is 4.08. The van der Waals surface area contributed by atoms with Gasteiger partial charge in [0.2, 0.25) is 0 Å². The first-order valence-corrected chi connectivity index (χ1v) is 12.7. The smallest absolute Gasteiger partial charge is 0.166 e. The van der Waals surface area contributed by atoms with Crippen molar-refractivity contribution in [2.24, 2.45) is 40.9 Å². The van der Waals surface area contributed by atoms with Gasteiger partial charge in [-0.2, -0.15) is 0 Å². The summed E-state index contributed by atoms with van der Waals surface area (Å²) in [6, 6.07) is 8.24. The molecule has 4 aliphatic carbocycles. The van der Waals surface area contributed by atoms with Crippen LogP contribution in [-0.2, 0) is 0 Å². The van der Waals surface area contributed by atoms with Crippen LogP contribution in [-0.4, -0.2) is 30.6 Å². The molecule has 0 saturated heterocycles. The summed E-state index contributed by atoms with van der Waals surface area (Å²) in [6.45, 7) is 4.50. The van der Waals surface area contributed by atoms with Gasteiger partial charge in [0.15, 0.2) is 5.78 Å². The minimum atomic E-state index is -0.440. The molecule has 0 heterocycles. The fraction of sp³-hybridized carbons (Fsp3) is 0.750. The minimum Gasteiger partial charge on any atom is -0.390 e. The SMILES string of the molecule is CN(C)c1ccc(C(=O)[C@H]2CC[C@H]3[C@@H]4CC[C@@H]5C[C@](C)(O)CC[C@@H]5C4CC[C@]23C)cc1. The Hall–Kier alpha value is -1.35. The van der Waals surface area contributed by atoms with Gasteiger partial charge in [-0.3, -0.25) is 4.79 Å². The van der Waals surface area contributed by atoms with Gasteiger partial charge in [0.05, 0.1) is 5.60 Å². The van der Waals surface area contributed by atoms with Crippen LogP contribution in [0.15, 0.2) is 24.3 Å². The van der Waals surface area contributed by atoms with Crippen LogP contribution in [0, 0.1) is 40.9 Å². The number of anilines is 1. The Labute approximate surface area is 188 Å². The molecule has 1 aromatic rings. The second-order valence-corrected chi connectivity index (χ2v) is 12.2. The van der Waals surface area contributed by atoms with Crippen molar-refractivity contribution in [1.82, 2.24) is 0 Å². The lowest BCUT2D eigenvalue weighted by Crippen LogP contribution is -2.51. The van der Waals surface area contributed by atoms with Crippen LogP contribution in [0.25, 0.3) is 0 Å². The molecule has 4 saturated carbocycles. The Morgan fingerprint density at radius 3 is 2.32 bits per heavy atom. The number of ketones is 1. The number of carbonyl (C=O) groups is 1. The van der Waals surface area contributed by atoms with Gasteiger partial charge in [0.1, 0.15) is 0 Å². The molecule has 1 aromatic carbocycles. The Kier molecular flexibility index (Phi) is 5.28. The molecule has 1 unspecified atom stereocenters. The van der Waals surface area contributed by atoms with Crippen LogP contribution >= 0.6 is 0 Å². The molecule has 0 radical (unpaired) electrons. The normalized spacial score (nSPS) is 44.2. The Bertz CT molecular complexity index is 828. The predicted octanol–water partition coefficient (Wildman–Crippen LogP) is 5.96. The Balaban J connectivity index is 1.34. The van der Waals surface area contributed by atoms with Crippen LogP contribution in [0.2, 0.25) is 0 Å². The van der Waals surface area contributed by atoms with Gasteiger partial charge in [0, 0.05) is 31.3 Å². The molecule has 0 aliphatic heterocycles. The van der Waals surface area contributed by atoms with E-state index in [1.807, 2.05) is 33.2 Å². The predicted molar refractivity (Wildman–Crippen MR) is 126 cm³/mol. The molecule has 170 valence electrons. The molecule has 3 heteroatoms. The standard InChI is InChI=1S/C28H41NO2/c1-27(31)15-13-21-19(17-27)7-10-23-22(21)14-16-28(2)24(23)11-12-25(28)26(30)18-5-8-20(9-6-18)29(3)4/h5-6,8-9,19,21-25,31H,7,10-17H2,1-4H3/t19-,21+,22?,23-,24+,25-,27-,28+/m1/s1. The van der Waals surface area contributed by atoms with E-state index in [2.05, 4.69) is 24.0 Å². The lowest BCUT2D eigenvalue weighted by molar-refractivity contribution is -0.0976. The minimum absolute atomic E-state index is 0.172. The molecule has 3 nitrogen and oxygen atoms in total. The van der Waals surface area contributed by atoms with Crippen molar-refractivity contribution in [3.63, 3.8) is 0 Å². The average Bonchev–Trinajstić information content (AvgIpc) is 3.09. The van der Waals surface area contributed by atoms with E-state index in [0.717, 1.165) is 54.2 Å². The summed E-state index contributed by atoms with van der Waals surface area (Å²) in [5.41, 5.74) is 1.78. The Morgan fingerprint density at radius 1 is 0.903 bits per heavy atom. The first kappa shape index (κ1) is 21.5. The van der Waals surface area contributed by atoms with Gasteiger partial charge in [-0.15, -0.1) is 0 Å². The molecule has 1 N–H and O–H groups in total. The molecular weight excluding hydrogens is 382 g/mol. The van der Waals surface area contributed by atoms with Crippen molar-refractivity contribution in [3.8, 4) is 0 Å². The number of rotatable bonds is 3. The van der Waals surface area contributed by atoms with E-state index in [1.54, 1.807) is 0 Å². The highest BCUT2D eigenvalue weighted by Crippen LogP contribution is 2.64. The van der Waals surface area contributed by atoms with Gasteiger partial charge < -0.3 is 10.0 Å². The molecule has 5 rings (SSSR count). The third kappa shape index (κ3) is 3.56. The first-order valence-electron chi connectivity index (χ1n) is 12.7. The summed E-state index contributed by atoms with van der Waals surface area (Å²) in [4.78, 5) is 15.7. The molecule has 31 heavy (non-hydrogen) atoms. The zero-order chi connectivity index (χ0) is 22.0. The van der Waals surface area contributed by atoms with Crippen LogP contribution in [0.4, 0.5) is 5.69 Å². The van der Waals surface area contributed by atoms with Gasteiger partial charge in [-0.25, -0.2) is 0 Å². The summed E-state index contributed by atoms with van der Waals surface area (Å²) in [5, 5.41) is 10.6. The molecule has 0 aromatic heterocycles. The van der Waals surface area contributed by atoms with Crippen molar-refractivity contribution in [1.29, 1.82) is 0 Å². The van der Waals surface area contributed by atoms with Crippen LogP contribution in [0.5, 0.6) is 0 Å². The lowest BCUT2D eigenvalue weighted by Gasteiger charge is -2.56. The second-order valence-electron chi connectivity index (χ2n) is 12.2. The number of fused-ring (bicyclic) bond motifs is 5. The maximum absolute atomic E-state index is 13.6. The number of carbonyl (C=O) groups excluding carboxylic acids is 1. The van der Waals surface area contributed by atoms with E-state index in [9.17, 15) is 9.90 Å². The summed E-state index contributed by atoms with van der Waals surface area (Å²) >= 11 is 0. The Morgan fingerprint density at radius 2 is 1.61 bits per heavy atom. The van der Waals surface area contributed by atoms with E-state index >= 15 is 0 Å². The van der Waals surface area contributed by atoms with E-state index in [-0.39, 0.29) is 11.3 Å². The zero-order valence-corrected chi connectivity index (χ0v) is 19.9. The van der Waals surface area contributed by atoms with Crippen molar-refractivity contribution in [2.75, 3.05) is 19.0 Å². The molecule has 4 aliphatic rings. The van der Waals surface area contributed by atoms with E-state index in [4.69, 9.17) is 0 Å². The molecule has 0 spiro atoms. The monoisotopic (exact) mass is 423 g/mol. The van der Waals surface area contributed by atoms with Crippen molar-refractivity contribution >= 4 is 11.5 Å². The maximum atomic E-state index is 13.6. The number of aliphatic hydroxyl groups is 1. The van der Waals surface area contributed by atoms with Crippen LogP contribution in [0.1, 0.15) is 82.0 Å². The number of benzene rings is 1. The number of hydrogen-bond donors (Lipinski definition) is 1. The third-order valence-corrected chi connectivity index (χ3v) is 10.2. The topological polar surface area (TPSA) is 40.5 Å². The van der Waals surface area contributed by atoms with Gasteiger partial charge in [-0.05, 0) is 124 Å². The van der Waals surface area contributed by atoms with Crippen molar-refractivity contribution in [3.05, 3.63) is 29.8 Å². The quantitative estimate of drug-likeness (QED) is 0.610. The molecule has 0 amide bonds. The average molecular weight is 424 g/mol. The highest BCUT2D eigenvalue weighted by atomic mass is 16.3. The highest BCUT2D eigenvalue weighted by molar-refractivity contribution is 5.98. The molecule has 8 atom stereocenters.